The van der Waals surface area contributed by atoms with Crippen molar-refractivity contribution in [3.05, 3.63) is 29.3 Å². The summed E-state index contributed by atoms with van der Waals surface area (Å²) in [6, 6.07) is 4.18. The summed E-state index contributed by atoms with van der Waals surface area (Å²) in [6.45, 7) is 3.81. The second-order valence-corrected chi connectivity index (χ2v) is 5.14. The van der Waals surface area contributed by atoms with Gasteiger partial charge in [-0.3, -0.25) is 0 Å². The molecule has 1 heterocycles. The third-order valence-corrected chi connectivity index (χ3v) is 3.46. The highest BCUT2D eigenvalue weighted by Crippen LogP contribution is 2.21. The van der Waals surface area contributed by atoms with Crippen LogP contribution in [-0.2, 0) is 4.79 Å². The predicted octanol–water partition coefficient (Wildman–Crippen LogP) is 1.36. The smallest absolute Gasteiger partial charge is 0.326 e. The molecular weight excluding hydrogens is 260 g/mol. The lowest BCUT2D eigenvalue weighted by atomic mass is 10.1. The van der Waals surface area contributed by atoms with E-state index < -0.39 is 24.1 Å². The van der Waals surface area contributed by atoms with Crippen molar-refractivity contribution in [3.8, 4) is 0 Å². The van der Waals surface area contributed by atoms with Gasteiger partial charge in [0.15, 0.2) is 0 Å². The van der Waals surface area contributed by atoms with Crippen molar-refractivity contribution < 1.29 is 19.8 Å². The maximum Gasteiger partial charge on any atom is 0.326 e. The fraction of sp³-hybridized carbons (Fsp3) is 0.429. The number of aliphatic carboxylic acids is 1. The fourth-order valence-electron chi connectivity index (χ4n) is 2.33. The molecule has 0 aromatic heterocycles. The van der Waals surface area contributed by atoms with Gasteiger partial charge < -0.3 is 20.4 Å². The van der Waals surface area contributed by atoms with Gasteiger partial charge in [0.25, 0.3) is 0 Å². The molecule has 3 N–H and O–H groups in total. The molecule has 0 spiro atoms. The second-order valence-electron chi connectivity index (χ2n) is 5.14. The van der Waals surface area contributed by atoms with Crippen molar-refractivity contribution in [2.24, 2.45) is 0 Å². The van der Waals surface area contributed by atoms with Gasteiger partial charge in [-0.05, 0) is 31.0 Å². The number of aliphatic hydroxyl groups excluding tert-OH is 1. The molecule has 6 heteroatoms. The van der Waals surface area contributed by atoms with Crippen LogP contribution in [0.4, 0.5) is 10.5 Å². The molecule has 1 aliphatic rings. The molecule has 2 rings (SSSR count). The quantitative estimate of drug-likeness (QED) is 0.762. The van der Waals surface area contributed by atoms with Crippen LogP contribution in [0.2, 0.25) is 0 Å². The molecule has 0 unspecified atom stereocenters. The number of urea groups is 1. The third-order valence-electron chi connectivity index (χ3n) is 3.46. The Morgan fingerprint density at radius 1 is 1.35 bits per heavy atom. The third kappa shape index (κ3) is 2.91. The highest BCUT2D eigenvalue weighted by Gasteiger charge is 2.39. The first-order chi connectivity index (χ1) is 9.38. The van der Waals surface area contributed by atoms with Crippen LogP contribution < -0.4 is 5.32 Å². The molecule has 1 aromatic rings. The minimum Gasteiger partial charge on any atom is -0.480 e. The largest absolute Gasteiger partial charge is 0.480 e. The Morgan fingerprint density at radius 2 is 2.05 bits per heavy atom. The van der Waals surface area contributed by atoms with Crippen molar-refractivity contribution in [1.29, 1.82) is 0 Å². The summed E-state index contributed by atoms with van der Waals surface area (Å²) < 4.78 is 0. The van der Waals surface area contributed by atoms with Crippen molar-refractivity contribution in [1.82, 2.24) is 4.90 Å². The number of benzene rings is 1. The number of nitrogens with zero attached hydrogens (tertiary/aromatic N) is 1. The molecule has 0 saturated carbocycles. The van der Waals surface area contributed by atoms with Crippen molar-refractivity contribution in [3.63, 3.8) is 0 Å². The minimum absolute atomic E-state index is 0.0354. The van der Waals surface area contributed by atoms with E-state index in [4.69, 9.17) is 5.11 Å². The first-order valence-electron chi connectivity index (χ1n) is 6.44. The van der Waals surface area contributed by atoms with Crippen molar-refractivity contribution in [2.45, 2.75) is 32.4 Å². The molecule has 0 aliphatic carbocycles. The zero-order valence-electron chi connectivity index (χ0n) is 11.5. The van der Waals surface area contributed by atoms with Crippen LogP contribution in [0.1, 0.15) is 17.5 Å². The number of aryl methyl sites for hydroxylation is 2. The summed E-state index contributed by atoms with van der Waals surface area (Å²) in [5, 5.41) is 21.3. The summed E-state index contributed by atoms with van der Waals surface area (Å²) in [4.78, 5) is 24.4. The lowest BCUT2D eigenvalue weighted by molar-refractivity contribution is -0.141. The van der Waals surface area contributed by atoms with Gasteiger partial charge in [0, 0.05) is 18.7 Å². The molecule has 108 valence electrons. The van der Waals surface area contributed by atoms with Crippen LogP contribution >= 0.6 is 0 Å². The summed E-state index contributed by atoms with van der Waals surface area (Å²) in [6.07, 6.45) is -0.726. The van der Waals surface area contributed by atoms with E-state index in [9.17, 15) is 14.7 Å². The number of β-amino-alcohol motifs (C(OH)–C–C–N with tert-alkyl or cyclic N) is 1. The van der Waals surface area contributed by atoms with Crippen LogP contribution in [0.15, 0.2) is 18.2 Å². The van der Waals surface area contributed by atoms with Crippen LogP contribution in [0, 0.1) is 13.8 Å². The van der Waals surface area contributed by atoms with E-state index in [1.165, 1.54) is 0 Å². The van der Waals surface area contributed by atoms with Crippen LogP contribution in [0.5, 0.6) is 0 Å². The van der Waals surface area contributed by atoms with E-state index in [0.29, 0.717) is 5.69 Å². The zero-order chi connectivity index (χ0) is 14.9. The van der Waals surface area contributed by atoms with Gasteiger partial charge in [-0.25, -0.2) is 9.59 Å². The van der Waals surface area contributed by atoms with Crippen molar-refractivity contribution in [2.75, 3.05) is 11.9 Å². The lowest BCUT2D eigenvalue weighted by Crippen LogP contribution is -2.43. The van der Waals surface area contributed by atoms with Gasteiger partial charge >= 0.3 is 12.0 Å². The summed E-state index contributed by atoms with van der Waals surface area (Å²) >= 11 is 0. The molecule has 1 saturated heterocycles. The van der Waals surface area contributed by atoms with E-state index in [2.05, 4.69) is 5.32 Å². The number of anilines is 1. The second kappa shape index (κ2) is 5.50. The summed E-state index contributed by atoms with van der Waals surface area (Å²) in [7, 11) is 0. The Labute approximate surface area is 117 Å². The number of aliphatic hydroxyl groups is 1. The number of rotatable bonds is 2. The number of carbonyl (C=O) groups excluding carboxylic acids is 1. The Hall–Kier alpha value is -2.08. The lowest BCUT2D eigenvalue weighted by Gasteiger charge is -2.22. The SMILES string of the molecule is Cc1ccc(C)c(NC(=O)N2C[C@H](O)C[C@@H]2C(=O)O)c1. The summed E-state index contributed by atoms with van der Waals surface area (Å²) in [5.41, 5.74) is 2.55. The zero-order valence-corrected chi connectivity index (χ0v) is 11.5. The van der Waals surface area contributed by atoms with E-state index in [-0.39, 0.29) is 13.0 Å². The standard InChI is InChI=1S/C14H18N2O4/c1-8-3-4-9(2)11(5-8)15-14(20)16-7-10(17)6-12(16)13(18)19/h3-5,10,12,17H,6-7H2,1-2H3,(H,15,20)(H,18,19)/t10-,12-/m1/s1. The van der Waals surface area contributed by atoms with Gasteiger partial charge in [-0.2, -0.15) is 0 Å². The van der Waals surface area contributed by atoms with Gasteiger partial charge in [0.2, 0.25) is 0 Å². The number of carbonyl (C=O) groups is 2. The maximum absolute atomic E-state index is 12.2. The molecule has 6 nitrogen and oxygen atoms in total. The predicted molar refractivity (Wildman–Crippen MR) is 73.7 cm³/mol. The molecule has 0 bridgehead atoms. The average molecular weight is 278 g/mol. The Balaban J connectivity index is 2.15. The number of amides is 2. The van der Waals surface area contributed by atoms with E-state index in [1.807, 2.05) is 32.0 Å². The Bertz CT molecular complexity index is 544. The molecule has 0 radical (unpaired) electrons. The van der Waals surface area contributed by atoms with Crippen LogP contribution in [-0.4, -0.2) is 45.8 Å². The molecule has 1 fully saturated rings. The van der Waals surface area contributed by atoms with Crippen LogP contribution in [0.25, 0.3) is 0 Å². The number of carboxylic acids is 1. The van der Waals surface area contributed by atoms with Gasteiger partial charge in [-0.15, -0.1) is 0 Å². The van der Waals surface area contributed by atoms with E-state index >= 15 is 0 Å². The Kier molecular flexibility index (Phi) is 3.94. The monoisotopic (exact) mass is 278 g/mol. The molecule has 2 atom stereocenters. The normalized spacial score (nSPS) is 21.9. The highest BCUT2D eigenvalue weighted by molar-refractivity contribution is 5.93. The number of hydrogen-bond acceptors (Lipinski definition) is 3. The maximum atomic E-state index is 12.2. The molecule has 1 aliphatic heterocycles. The van der Waals surface area contributed by atoms with E-state index in [0.717, 1.165) is 16.0 Å². The van der Waals surface area contributed by atoms with Gasteiger partial charge in [-0.1, -0.05) is 12.1 Å². The van der Waals surface area contributed by atoms with Crippen LogP contribution in [0.3, 0.4) is 0 Å². The topological polar surface area (TPSA) is 89.9 Å². The van der Waals surface area contributed by atoms with E-state index in [1.54, 1.807) is 0 Å². The minimum atomic E-state index is -1.10. The molecule has 2 amide bonds. The highest BCUT2D eigenvalue weighted by atomic mass is 16.4. The number of carboxylic acid groups (broad SMARTS) is 1. The molecule has 20 heavy (non-hydrogen) atoms. The fourth-order valence-corrected chi connectivity index (χ4v) is 2.33. The number of nitrogens with one attached hydrogen (secondary N) is 1. The molecular formula is C14H18N2O4. The number of likely N-dealkylation sites (tertiary alicyclic amines) is 1. The van der Waals surface area contributed by atoms with Gasteiger partial charge in [0.05, 0.1) is 6.10 Å². The first kappa shape index (κ1) is 14.3. The number of hydrogen-bond donors (Lipinski definition) is 3. The molecule has 1 aromatic carbocycles. The van der Waals surface area contributed by atoms with Gasteiger partial charge in [0.1, 0.15) is 6.04 Å². The first-order valence-corrected chi connectivity index (χ1v) is 6.44. The summed E-state index contributed by atoms with van der Waals surface area (Å²) in [5.74, 6) is -1.10. The van der Waals surface area contributed by atoms with Crippen molar-refractivity contribution >= 4 is 17.7 Å². The Morgan fingerprint density at radius 3 is 2.70 bits per heavy atom. The average Bonchev–Trinajstić information content (AvgIpc) is 2.76.